The van der Waals surface area contributed by atoms with Crippen LogP contribution in [0.2, 0.25) is 0 Å². The van der Waals surface area contributed by atoms with Crippen molar-refractivity contribution < 1.29 is 17.6 Å². The molecule has 0 saturated heterocycles. The molecule has 0 bridgehead atoms. The van der Waals surface area contributed by atoms with Crippen molar-refractivity contribution in [3.05, 3.63) is 63.4 Å². The van der Waals surface area contributed by atoms with Crippen molar-refractivity contribution in [2.24, 2.45) is 0 Å². The number of benzene rings is 1. The van der Waals surface area contributed by atoms with Crippen molar-refractivity contribution in [2.45, 2.75) is 19.6 Å². The first kappa shape index (κ1) is 15.8. The second kappa shape index (κ2) is 5.53. The molecule has 0 radical (unpaired) electrons. The highest BCUT2D eigenvalue weighted by Crippen LogP contribution is 2.31. The Morgan fingerprint density at radius 2 is 2.08 bits per heavy atom. The summed E-state index contributed by atoms with van der Waals surface area (Å²) in [6.07, 6.45) is -2.99. The molecule has 3 aromatic rings. The Balaban J connectivity index is 2.00. The van der Waals surface area contributed by atoms with Crippen LogP contribution in [0.15, 0.2) is 39.7 Å². The van der Waals surface area contributed by atoms with Gasteiger partial charge in [0.2, 0.25) is 5.89 Å². The highest BCUT2D eigenvalue weighted by molar-refractivity contribution is 5.73. The summed E-state index contributed by atoms with van der Waals surface area (Å²) >= 11 is 0. The molecular formula is C16H10F3N3O2. The maximum Gasteiger partial charge on any atom is 0.416 e. The zero-order valence-electron chi connectivity index (χ0n) is 12.4. The van der Waals surface area contributed by atoms with E-state index in [0.717, 1.165) is 12.1 Å². The van der Waals surface area contributed by atoms with Crippen LogP contribution in [0.25, 0.3) is 11.1 Å². The van der Waals surface area contributed by atoms with E-state index in [2.05, 4.69) is 4.98 Å². The minimum atomic E-state index is -4.47. The summed E-state index contributed by atoms with van der Waals surface area (Å²) in [5.74, 6) is 0.0826. The van der Waals surface area contributed by atoms with Crippen LogP contribution in [-0.4, -0.2) is 9.55 Å². The highest BCUT2D eigenvalue weighted by atomic mass is 19.4. The molecule has 122 valence electrons. The SMILES string of the molecule is Cc1ccn(Cc2nc3cc(C(F)(F)F)ccc3o2)c(=O)c1C#N. The summed E-state index contributed by atoms with van der Waals surface area (Å²) in [6, 6.07) is 6.42. The van der Waals surface area contributed by atoms with Crippen LogP contribution in [0.3, 0.4) is 0 Å². The van der Waals surface area contributed by atoms with E-state index >= 15 is 0 Å². The zero-order chi connectivity index (χ0) is 17.5. The van der Waals surface area contributed by atoms with E-state index in [9.17, 15) is 18.0 Å². The Labute approximate surface area is 133 Å². The van der Waals surface area contributed by atoms with Gasteiger partial charge in [-0.2, -0.15) is 18.4 Å². The Hall–Kier alpha value is -3.08. The third-order valence-electron chi connectivity index (χ3n) is 3.55. The zero-order valence-corrected chi connectivity index (χ0v) is 12.4. The molecule has 0 fully saturated rings. The molecule has 2 heterocycles. The lowest BCUT2D eigenvalue weighted by Crippen LogP contribution is -2.23. The van der Waals surface area contributed by atoms with Crippen molar-refractivity contribution in [3.63, 3.8) is 0 Å². The molecule has 1 aromatic carbocycles. The topological polar surface area (TPSA) is 71.8 Å². The van der Waals surface area contributed by atoms with Crippen molar-refractivity contribution >= 4 is 11.1 Å². The minimum absolute atomic E-state index is 0.00738. The number of pyridine rings is 1. The molecule has 0 aliphatic rings. The third kappa shape index (κ3) is 2.76. The van der Waals surface area contributed by atoms with Gasteiger partial charge < -0.3 is 8.98 Å². The van der Waals surface area contributed by atoms with E-state index < -0.39 is 17.3 Å². The van der Waals surface area contributed by atoms with Crippen molar-refractivity contribution in [1.29, 1.82) is 5.26 Å². The number of aromatic nitrogens is 2. The van der Waals surface area contributed by atoms with Crippen molar-refractivity contribution in [1.82, 2.24) is 9.55 Å². The molecule has 0 atom stereocenters. The average Bonchev–Trinajstić information content (AvgIpc) is 2.91. The van der Waals surface area contributed by atoms with Crippen molar-refractivity contribution in [3.8, 4) is 6.07 Å². The number of nitriles is 1. The molecule has 0 spiro atoms. The Morgan fingerprint density at radius 3 is 2.75 bits per heavy atom. The fraction of sp³-hybridized carbons (Fsp3) is 0.188. The van der Waals surface area contributed by atoms with Crippen LogP contribution in [0.5, 0.6) is 0 Å². The number of oxazole rings is 1. The number of rotatable bonds is 2. The minimum Gasteiger partial charge on any atom is -0.439 e. The quantitative estimate of drug-likeness (QED) is 0.722. The first-order valence-corrected chi connectivity index (χ1v) is 6.86. The molecule has 0 N–H and O–H groups in total. The second-order valence-corrected chi connectivity index (χ2v) is 5.21. The Morgan fingerprint density at radius 1 is 1.33 bits per heavy atom. The molecule has 0 unspecified atom stereocenters. The van der Waals surface area contributed by atoms with Gasteiger partial charge in [0.05, 0.1) is 5.56 Å². The van der Waals surface area contributed by atoms with Crippen molar-refractivity contribution in [2.75, 3.05) is 0 Å². The van der Waals surface area contributed by atoms with Crippen LogP contribution in [-0.2, 0) is 12.7 Å². The Bertz CT molecular complexity index is 1030. The molecule has 2 aromatic heterocycles. The lowest BCUT2D eigenvalue weighted by molar-refractivity contribution is -0.137. The van der Waals surface area contributed by atoms with Crippen LogP contribution in [0.4, 0.5) is 13.2 Å². The summed E-state index contributed by atoms with van der Waals surface area (Å²) in [5, 5.41) is 9.00. The number of fused-ring (bicyclic) bond motifs is 1. The third-order valence-corrected chi connectivity index (χ3v) is 3.55. The first-order valence-electron chi connectivity index (χ1n) is 6.86. The maximum absolute atomic E-state index is 12.7. The molecule has 0 aliphatic heterocycles. The van der Waals surface area contributed by atoms with E-state index in [-0.39, 0.29) is 29.1 Å². The smallest absolute Gasteiger partial charge is 0.416 e. The molecule has 0 aliphatic carbocycles. The van der Waals surface area contributed by atoms with E-state index in [0.29, 0.717) is 5.56 Å². The normalized spacial score (nSPS) is 11.6. The fourth-order valence-electron chi connectivity index (χ4n) is 2.29. The van der Waals surface area contributed by atoms with Crippen LogP contribution in [0, 0.1) is 18.3 Å². The van der Waals surface area contributed by atoms with Gasteiger partial charge in [-0.05, 0) is 36.8 Å². The standard InChI is InChI=1S/C16H10F3N3O2/c1-9-4-5-22(15(23)11(9)7-20)8-14-21-12-6-10(16(17,18)19)2-3-13(12)24-14/h2-6H,8H2,1H3. The van der Waals surface area contributed by atoms with Gasteiger partial charge in [-0.15, -0.1) is 0 Å². The molecule has 0 saturated carbocycles. The molecular weight excluding hydrogens is 323 g/mol. The second-order valence-electron chi connectivity index (χ2n) is 5.21. The number of nitrogens with zero attached hydrogens (tertiary/aromatic N) is 3. The van der Waals surface area contributed by atoms with Crippen LogP contribution < -0.4 is 5.56 Å². The van der Waals surface area contributed by atoms with Crippen LogP contribution >= 0.6 is 0 Å². The molecule has 5 nitrogen and oxygen atoms in total. The lowest BCUT2D eigenvalue weighted by atomic mass is 10.2. The monoisotopic (exact) mass is 333 g/mol. The molecule has 3 rings (SSSR count). The van der Waals surface area contributed by atoms with Gasteiger partial charge in [0, 0.05) is 6.20 Å². The molecule has 24 heavy (non-hydrogen) atoms. The Kier molecular flexibility index (Phi) is 3.64. The van der Waals surface area contributed by atoms with E-state index in [1.807, 2.05) is 6.07 Å². The van der Waals surface area contributed by atoms with Gasteiger partial charge in [0.1, 0.15) is 23.7 Å². The van der Waals surface area contributed by atoms with Gasteiger partial charge in [0.25, 0.3) is 5.56 Å². The number of halogens is 3. The number of aryl methyl sites for hydroxylation is 1. The number of hydrogen-bond donors (Lipinski definition) is 0. The van der Waals surface area contributed by atoms with Gasteiger partial charge in [-0.25, -0.2) is 4.98 Å². The predicted octanol–water partition coefficient (Wildman–Crippen LogP) is 3.24. The van der Waals surface area contributed by atoms with Gasteiger partial charge in [-0.1, -0.05) is 0 Å². The maximum atomic E-state index is 12.7. The average molecular weight is 333 g/mol. The summed E-state index contributed by atoms with van der Waals surface area (Å²) in [4.78, 5) is 16.1. The largest absolute Gasteiger partial charge is 0.439 e. The summed E-state index contributed by atoms with van der Waals surface area (Å²) < 4.78 is 44.7. The molecule has 8 heteroatoms. The lowest BCUT2D eigenvalue weighted by Gasteiger charge is -2.04. The van der Waals surface area contributed by atoms with Gasteiger partial charge >= 0.3 is 6.18 Å². The van der Waals surface area contributed by atoms with E-state index in [1.54, 1.807) is 13.0 Å². The summed E-state index contributed by atoms with van der Waals surface area (Å²) in [7, 11) is 0. The number of hydrogen-bond acceptors (Lipinski definition) is 4. The predicted molar refractivity (Wildman–Crippen MR) is 78.3 cm³/mol. The highest BCUT2D eigenvalue weighted by Gasteiger charge is 2.31. The summed E-state index contributed by atoms with van der Waals surface area (Å²) in [5.41, 5.74) is -0.525. The van der Waals surface area contributed by atoms with E-state index in [1.165, 1.54) is 16.8 Å². The first-order chi connectivity index (χ1) is 11.3. The van der Waals surface area contributed by atoms with Gasteiger partial charge in [-0.3, -0.25) is 4.79 Å². The van der Waals surface area contributed by atoms with Crippen LogP contribution in [0.1, 0.15) is 22.6 Å². The fourth-order valence-corrected chi connectivity index (χ4v) is 2.29. The summed E-state index contributed by atoms with van der Waals surface area (Å²) in [6.45, 7) is 1.56. The van der Waals surface area contributed by atoms with Gasteiger partial charge in [0.15, 0.2) is 5.58 Å². The number of alkyl halides is 3. The van der Waals surface area contributed by atoms with E-state index in [4.69, 9.17) is 9.68 Å². The molecule has 0 amide bonds.